The van der Waals surface area contributed by atoms with E-state index in [0.29, 0.717) is 17.2 Å². The van der Waals surface area contributed by atoms with Gasteiger partial charge in [-0.1, -0.05) is 6.07 Å². The molecule has 17 heavy (non-hydrogen) atoms. The quantitative estimate of drug-likeness (QED) is 0.862. The molecule has 0 bridgehead atoms. The Balaban J connectivity index is 2.10. The van der Waals surface area contributed by atoms with Gasteiger partial charge in [0.05, 0.1) is 25.0 Å². The van der Waals surface area contributed by atoms with E-state index in [9.17, 15) is 0 Å². The highest BCUT2D eigenvalue weighted by Crippen LogP contribution is 2.28. The average Bonchev–Trinajstić information content (AvgIpc) is 2.88. The lowest BCUT2D eigenvalue weighted by molar-refractivity contribution is 0.187. The van der Waals surface area contributed by atoms with Crippen molar-refractivity contribution in [1.29, 1.82) is 5.26 Å². The van der Waals surface area contributed by atoms with Crippen molar-refractivity contribution in [2.24, 2.45) is 5.92 Å². The summed E-state index contributed by atoms with van der Waals surface area (Å²) in [6.07, 6.45) is 1.07. The van der Waals surface area contributed by atoms with Gasteiger partial charge in [-0.3, -0.25) is 0 Å². The molecule has 0 spiro atoms. The SMILES string of the molecule is COc1cccc(C#N)c1NCC1CCOC1. The van der Waals surface area contributed by atoms with Crippen LogP contribution in [-0.2, 0) is 4.74 Å². The fourth-order valence-electron chi connectivity index (χ4n) is 1.97. The lowest BCUT2D eigenvalue weighted by Gasteiger charge is -2.14. The highest BCUT2D eigenvalue weighted by Gasteiger charge is 2.17. The van der Waals surface area contributed by atoms with Crippen LogP contribution in [0, 0.1) is 17.2 Å². The maximum atomic E-state index is 9.06. The second kappa shape index (κ2) is 5.55. The molecular weight excluding hydrogens is 216 g/mol. The van der Waals surface area contributed by atoms with Crippen molar-refractivity contribution in [2.75, 3.05) is 32.2 Å². The maximum Gasteiger partial charge on any atom is 0.143 e. The molecule has 1 saturated heterocycles. The third-order valence-electron chi connectivity index (χ3n) is 2.96. The van der Waals surface area contributed by atoms with Crippen LogP contribution in [-0.4, -0.2) is 26.9 Å². The van der Waals surface area contributed by atoms with Gasteiger partial charge >= 0.3 is 0 Å². The van der Waals surface area contributed by atoms with Crippen LogP contribution in [0.3, 0.4) is 0 Å². The zero-order valence-corrected chi connectivity index (χ0v) is 9.90. The van der Waals surface area contributed by atoms with E-state index in [2.05, 4.69) is 11.4 Å². The monoisotopic (exact) mass is 232 g/mol. The van der Waals surface area contributed by atoms with E-state index in [1.807, 2.05) is 12.1 Å². The van der Waals surface area contributed by atoms with Gasteiger partial charge in [0, 0.05) is 19.1 Å². The summed E-state index contributed by atoms with van der Waals surface area (Å²) in [4.78, 5) is 0. The molecule has 0 aliphatic carbocycles. The normalized spacial score (nSPS) is 18.7. The van der Waals surface area contributed by atoms with E-state index in [1.54, 1.807) is 13.2 Å². The molecule has 0 radical (unpaired) electrons. The van der Waals surface area contributed by atoms with Crippen molar-refractivity contribution in [3.63, 3.8) is 0 Å². The van der Waals surface area contributed by atoms with Gasteiger partial charge in [0.15, 0.2) is 0 Å². The van der Waals surface area contributed by atoms with Crippen LogP contribution in [0.2, 0.25) is 0 Å². The van der Waals surface area contributed by atoms with Gasteiger partial charge in [0.2, 0.25) is 0 Å². The molecule has 1 aromatic rings. The van der Waals surface area contributed by atoms with Crippen LogP contribution in [0.4, 0.5) is 5.69 Å². The first-order valence-electron chi connectivity index (χ1n) is 5.74. The summed E-state index contributed by atoms with van der Waals surface area (Å²) in [5.41, 5.74) is 1.40. The molecule has 4 nitrogen and oxygen atoms in total. The Bertz CT molecular complexity index is 420. The van der Waals surface area contributed by atoms with Gasteiger partial charge in [-0.25, -0.2) is 0 Å². The highest BCUT2D eigenvalue weighted by atomic mass is 16.5. The van der Waals surface area contributed by atoms with E-state index in [-0.39, 0.29) is 0 Å². The summed E-state index contributed by atoms with van der Waals surface area (Å²) in [6.45, 7) is 2.45. The zero-order chi connectivity index (χ0) is 12.1. The number of ether oxygens (including phenoxy) is 2. The average molecular weight is 232 g/mol. The lowest BCUT2D eigenvalue weighted by Crippen LogP contribution is -2.15. The molecule has 1 aromatic carbocycles. The van der Waals surface area contributed by atoms with Gasteiger partial charge in [-0.2, -0.15) is 5.26 Å². The summed E-state index contributed by atoms with van der Waals surface area (Å²) in [7, 11) is 1.61. The Labute approximate surface area is 101 Å². The molecule has 1 heterocycles. The Morgan fingerprint density at radius 1 is 1.59 bits per heavy atom. The Morgan fingerprint density at radius 2 is 2.47 bits per heavy atom. The number of anilines is 1. The number of nitrogens with one attached hydrogen (secondary N) is 1. The van der Waals surface area contributed by atoms with Gasteiger partial charge < -0.3 is 14.8 Å². The largest absolute Gasteiger partial charge is 0.495 e. The van der Waals surface area contributed by atoms with Crippen molar-refractivity contribution < 1.29 is 9.47 Å². The molecule has 1 N–H and O–H groups in total. The van der Waals surface area contributed by atoms with E-state index >= 15 is 0 Å². The number of hydrogen-bond acceptors (Lipinski definition) is 4. The summed E-state index contributed by atoms with van der Waals surface area (Å²) in [6, 6.07) is 7.64. The molecule has 0 aromatic heterocycles. The zero-order valence-electron chi connectivity index (χ0n) is 9.90. The molecule has 4 heteroatoms. The van der Waals surface area contributed by atoms with Gasteiger partial charge in [0.25, 0.3) is 0 Å². The van der Waals surface area contributed by atoms with E-state index < -0.39 is 0 Å². The first kappa shape index (κ1) is 11.7. The van der Waals surface area contributed by atoms with Crippen molar-refractivity contribution in [2.45, 2.75) is 6.42 Å². The minimum atomic E-state index is 0.520. The van der Waals surface area contributed by atoms with E-state index in [4.69, 9.17) is 14.7 Å². The topological polar surface area (TPSA) is 54.3 Å². The predicted octanol–water partition coefficient (Wildman–Crippen LogP) is 2.02. The highest BCUT2D eigenvalue weighted by molar-refractivity contribution is 5.66. The minimum absolute atomic E-state index is 0.520. The van der Waals surface area contributed by atoms with Gasteiger partial charge in [-0.05, 0) is 18.6 Å². The van der Waals surface area contributed by atoms with Crippen LogP contribution in [0.25, 0.3) is 0 Å². The van der Waals surface area contributed by atoms with Crippen molar-refractivity contribution >= 4 is 5.69 Å². The molecule has 0 saturated carbocycles. The third kappa shape index (κ3) is 2.69. The van der Waals surface area contributed by atoms with E-state index in [0.717, 1.165) is 31.9 Å². The Morgan fingerprint density at radius 3 is 3.12 bits per heavy atom. The molecule has 2 rings (SSSR count). The van der Waals surface area contributed by atoms with Crippen LogP contribution < -0.4 is 10.1 Å². The molecule has 1 atom stereocenters. The number of hydrogen-bond donors (Lipinski definition) is 1. The second-order valence-electron chi connectivity index (χ2n) is 4.11. The fraction of sp³-hybridized carbons (Fsp3) is 0.462. The third-order valence-corrected chi connectivity index (χ3v) is 2.96. The minimum Gasteiger partial charge on any atom is -0.495 e. The van der Waals surface area contributed by atoms with Crippen molar-refractivity contribution in [3.8, 4) is 11.8 Å². The van der Waals surface area contributed by atoms with E-state index in [1.165, 1.54) is 0 Å². The summed E-state index contributed by atoms with van der Waals surface area (Å²) in [5.74, 6) is 1.23. The van der Waals surface area contributed by atoms with Crippen LogP contribution >= 0.6 is 0 Å². The summed E-state index contributed by atoms with van der Waals surface area (Å²) >= 11 is 0. The molecular formula is C13H16N2O2. The van der Waals surface area contributed by atoms with Gasteiger partial charge in [-0.15, -0.1) is 0 Å². The maximum absolute atomic E-state index is 9.06. The molecule has 1 aliphatic rings. The number of methoxy groups -OCH3 is 1. The lowest BCUT2D eigenvalue weighted by atomic mass is 10.1. The van der Waals surface area contributed by atoms with Crippen LogP contribution in [0.15, 0.2) is 18.2 Å². The number of benzene rings is 1. The summed E-state index contributed by atoms with van der Waals surface area (Å²) < 4.78 is 10.6. The summed E-state index contributed by atoms with van der Waals surface area (Å²) in [5, 5.41) is 12.4. The van der Waals surface area contributed by atoms with Crippen molar-refractivity contribution in [1.82, 2.24) is 0 Å². The number of para-hydroxylation sites is 1. The first-order valence-corrected chi connectivity index (χ1v) is 5.74. The molecule has 1 aliphatic heterocycles. The number of rotatable bonds is 4. The van der Waals surface area contributed by atoms with Gasteiger partial charge in [0.1, 0.15) is 11.8 Å². The molecule has 0 amide bonds. The second-order valence-corrected chi connectivity index (χ2v) is 4.11. The Kier molecular flexibility index (Phi) is 3.84. The smallest absolute Gasteiger partial charge is 0.143 e. The van der Waals surface area contributed by atoms with Crippen molar-refractivity contribution in [3.05, 3.63) is 23.8 Å². The number of nitrogens with zero attached hydrogens (tertiary/aromatic N) is 1. The van der Waals surface area contributed by atoms with Crippen LogP contribution in [0.1, 0.15) is 12.0 Å². The molecule has 1 unspecified atom stereocenters. The standard InChI is InChI=1S/C13H16N2O2/c1-16-12-4-2-3-11(7-14)13(12)15-8-10-5-6-17-9-10/h2-4,10,15H,5-6,8-9H2,1H3. The molecule has 1 fully saturated rings. The molecule has 90 valence electrons. The predicted molar refractivity (Wildman–Crippen MR) is 65.1 cm³/mol. The Hall–Kier alpha value is -1.73. The first-order chi connectivity index (χ1) is 8.35. The fourth-order valence-corrected chi connectivity index (χ4v) is 1.97. The van der Waals surface area contributed by atoms with Crippen LogP contribution in [0.5, 0.6) is 5.75 Å². The number of nitriles is 1.